The summed E-state index contributed by atoms with van der Waals surface area (Å²) in [5.74, 6) is 0. The standard InChI is InChI=1S/C14H23N3/c1-3-13(15)14-8-7-12(10-16-14)17-9-5-4-6-11(17)2/h7-8,10-11,13H,3-6,9,15H2,1-2H3. The van der Waals surface area contributed by atoms with Gasteiger partial charge in [-0.3, -0.25) is 4.98 Å². The van der Waals surface area contributed by atoms with Crippen molar-refractivity contribution in [2.45, 2.75) is 51.6 Å². The molecule has 2 heterocycles. The van der Waals surface area contributed by atoms with Gasteiger partial charge in [-0.15, -0.1) is 0 Å². The van der Waals surface area contributed by atoms with E-state index in [2.05, 4.69) is 35.9 Å². The van der Waals surface area contributed by atoms with Crippen LogP contribution >= 0.6 is 0 Å². The summed E-state index contributed by atoms with van der Waals surface area (Å²) in [6.45, 7) is 5.54. The maximum atomic E-state index is 5.97. The van der Waals surface area contributed by atoms with Gasteiger partial charge in [0.1, 0.15) is 0 Å². The van der Waals surface area contributed by atoms with Crippen LogP contribution in [-0.2, 0) is 0 Å². The molecule has 3 heteroatoms. The molecule has 0 amide bonds. The maximum Gasteiger partial charge on any atom is 0.0572 e. The van der Waals surface area contributed by atoms with E-state index in [9.17, 15) is 0 Å². The molecule has 2 N–H and O–H groups in total. The average molecular weight is 233 g/mol. The van der Waals surface area contributed by atoms with Gasteiger partial charge in [-0.25, -0.2) is 0 Å². The molecule has 0 bridgehead atoms. The van der Waals surface area contributed by atoms with Crippen LogP contribution in [0, 0.1) is 0 Å². The molecule has 1 aromatic rings. The van der Waals surface area contributed by atoms with Crippen LogP contribution in [0.3, 0.4) is 0 Å². The molecule has 2 atom stereocenters. The van der Waals surface area contributed by atoms with Crippen molar-refractivity contribution < 1.29 is 0 Å². The lowest BCUT2D eigenvalue weighted by Crippen LogP contribution is -2.37. The minimum absolute atomic E-state index is 0.0721. The number of hydrogen-bond acceptors (Lipinski definition) is 3. The van der Waals surface area contributed by atoms with E-state index in [0.717, 1.165) is 18.7 Å². The third kappa shape index (κ3) is 2.78. The third-order valence-corrected chi connectivity index (χ3v) is 3.73. The Balaban J connectivity index is 2.11. The number of nitrogens with zero attached hydrogens (tertiary/aromatic N) is 2. The van der Waals surface area contributed by atoms with Gasteiger partial charge in [0, 0.05) is 18.6 Å². The lowest BCUT2D eigenvalue weighted by molar-refractivity contribution is 0.484. The van der Waals surface area contributed by atoms with Crippen molar-refractivity contribution in [3.05, 3.63) is 24.0 Å². The van der Waals surface area contributed by atoms with E-state index < -0.39 is 0 Å². The van der Waals surface area contributed by atoms with Gasteiger partial charge < -0.3 is 10.6 Å². The van der Waals surface area contributed by atoms with Gasteiger partial charge in [0.15, 0.2) is 0 Å². The van der Waals surface area contributed by atoms with E-state index in [-0.39, 0.29) is 6.04 Å². The molecule has 1 aromatic heterocycles. The minimum Gasteiger partial charge on any atom is -0.368 e. The van der Waals surface area contributed by atoms with Crippen LogP contribution in [0.25, 0.3) is 0 Å². The average Bonchev–Trinajstić information content (AvgIpc) is 2.39. The summed E-state index contributed by atoms with van der Waals surface area (Å²) < 4.78 is 0. The first-order valence-electron chi connectivity index (χ1n) is 6.70. The molecular weight excluding hydrogens is 210 g/mol. The monoisotopic (exact) mass is 233 g/mol. The van der Waals surface area contributed by atoms with Crippen molar-refractivity contribution in [3.63, 3.8) is 0 Å². The first-order chi connectivity index (χ1) is 8.22. The van der Waals surface area contributed by atoms with Gasteiger partial charge in [0.25, 0.3) is 0 Å². The van der Waals surface area contributed by atoms with Gasteiger partial charge in [-0.2, -0.15) is 0 Å². The van der Waals surface area contributed by atoms with Gasteiger partial charge in [0.05, 0.1) is 17.6 Å². The molecule has 1 aliphatic heterocycles. The van der Waals surface area contributed by atoms with E-state index in [1.807, 2.05) is 6.20 Å². The fourth-order valence-corrected chi connectivity index (χ4v) is 2.48. The molecule has 94 valence electrons. The highest BCUT2D eigenvalue weighted by Crippen LogP contribution is 2.24. The number of piperidine rings is 1. The Kier molecular flexibility index (Phi) is 4.00. The highest BCUT2D eigenvalue weighted by atomic mass is 15.2. The van der Waals surface area contributed by atoms with Gasteiger partial charge in [-0.05, 0) is 44.7 Å². The highest BCUT2D eigenvalue weighted by molar-refractivity contribution is 5.46. The molecule has 0 aliphatic carbocycles. The number of aromatic nitrogens is 1. The molecule has 0 spiro atoms. The van der Waals surface area contributed by atoms with Crippen LogP contribution < -0.4 is 10.6 Å². The zero-order chi connectivity index (χ0) is 12.3. The van der Waals surface area contributed by atoms with Crippen molar-refractivity contribution in [2.75, 3.05) is 11.4 Å². The molecule has 2 unspecified atom stereocenters. The molecule has 1 aliphatic rings. The molecule has 0 radical (unpaired) electrons. The molecular formula is C14H23N3. The molecule has 1 fully saturated rings. The molecule has 0 aromatic carbocycles. The Morgan fingerprint density at radius 3 is 2.88 bits per heavy atom. The summed E-state index contributed by atoms with van der Waals surface area (Å²) in [5, 5.41) is 0. The normalized spacial score (nSPS) is 22.5. The predicted molar refractivity (Wildman–Crippen MR) is 72.1 cm³/mol. The fraction of sp³-hybridized carbons (Fsp3) is 0.643. The zero-order valence-corrected chi connectivity index (χ0v) is 10.9. The van der Waals surface area contributed by atoms with Crippen LogP contribution in [0.1, 0.15) is 51.3 Å². The Morgan fingerprint density at radius 1 is 1.47 bits per heavy atom. The van der Waals surface area contributed by atoms with Gasteiger partial charge in [0.2, 0.25) is 0 Å². The predicted octanol–water partition coefficient (Wildman–Crippen LogP) is 2.87. The first-order valence-corrected chi connectivity index (χ1v) is 6.70. The van der Waals surface area contributed by atoms with Crippen LogP contribution in [0.2, 0.25) is 0 Å². The van der Waals surface area contributed by atoms with Crippen molar-refractivity contribution >= 4 is 5.69 Å². The second-order valence-electron chi connectivity index (χ2n) is 4.99. The fourth-order valence-electron chi connectivity index (χ4n) is 2.48. The number of anilines is 1. The van der Waals surface area contributed by atoms with E-state index in [1.165, 1.54) is 24.9 Å². The smallest absolute Gasteiger partial charge is 0.0572 e. The topological polar surface area (TPSA) is 42.1 Å². The second-order valence-corrected chi connectivity index (χ2v) is 4.99. The van der Waals surface area contributed by atoms with E-state index in [0.29, 0.717) is 6.04 Å². The molecule has 1 saturated heterocycles. The number of rotatable bonds is 3. The molecule has 17 heavy (non-hydrogen) atoms. The summed E-state index contributed by atoms with van der Waals surface area (Å²) in [7, 11) is 0. The molecule has 0 saturated carbocycles. The summed E-state index contributed by atoms with van der Waals surface area (Å²) >= 11 is 0. The zero-order valence-electron chi connectivity index (χ0n) is 10.9. The lowest BCUT2D eigenvalue weighted by Gasteiger charge is -2.35. The first kappa shape index (κ1) is 12.4. The van der Waals surface area contributed by atoms with E-state index in [1.54, 1.807) is 0 Å². The number of pyridine rings is 1. The molecule has 2 rings (SSSR count). The van der Waals surface area contributed by atoms with Crippen LogP contribution in [0.15, 0.2) is 18.3 Å². The van der Waals surface area contributed by atoms with Crippen molar-refractivity contribution in [2.24, 2.45) is 5.73 Å². The summed E-state index contributed by atoms with van der Waals surface area (Å²) in [6.07, 6.45) is 6.85. The summed E-state index contributed by atoms with van der Waals surface area (Å²) in [6, 6.07) is 4.95. The van der Waals surface area contributed by atoms with E-state index >= 15 is 0 Å². The van der Waals surface area contributed by atoms with Crippen LogP contribution in [-0.4, -0.2) is 17.6 Å². The maximum absolute atomic E-state index is 5.97. The highest BCUT2D eigenvalue weighted by Gasteiger charge is 2.18. The molecule has 3 nitrogen and oxygen atoms in total. The van der Waals surface area contributed by atoms with Crippen molar-refractivity contribution in [1.82, 2.24) is 4.98 Å². The summed E-state index contributed by atoms with van der Waals surface area (Å²) in [4.78, 5) is 6.95. The Hall–Kier alpha value is -1.09. The van der Waals surface area contributed by atoms with Gasteiger partial charge >= 0.3 is 0 Å². The van der Waals surface area contributed by atoms with Crippen LogP contribution in [0.4, 0.5) is 5.69 Å². The summed E-state index contributed by atoms with van der Waals surface area (Å²) in [5.41, 5.74) is 8.21. The van der Waals surface area contributed by atoms with E-state index in [4.69, 9.17) is 5.73 Å². The lowest BCUT2D eigenvalue weighted by atomic mass is 10.0. The number of hydrogen-bond donors (Lipinski definition) is 1. The Bertz CT molecular complexity index is 347. The number of nitrogens with two attached hydrogens (primary N) is 1. The van der Waals surface area contributed by atoms with Crippen molar-refractivity contribution in [3.8, 4) is 0 Å². The quantitative estimate of drug-likeness (QED) is 0.873. The van der Waals surface area contributed by atoms with Crippen molar-refractivity contribution in [1.29, 1.82) is 0 Å². The Morgan fingerprint density at radius 2 is 2.29 bits per heavy atom. The SMILES string of the molecule is CCC(N)c1ccc(N2CCCCC2C)cn1. The van der Waals surface area contributed by atoms with Crippen LogP contribution in [0.5, 0.6) is 0 Å². The largest absolute Gasteiger partial charge is 0.368 e. The Labute approximate surface area is 104 Å². The third-order valence-electron chi connectivity index (χ3n) is 3.73. The minimum atomic E-state index is 0.0721. The van der Waals surface area contributed by atoms with Gasteiger partial charge in [-0.1, -0.05) is 6.92 Å². The second kappa shape index (κ2) is 5.50.